The summed E-state index contributed by atoms with van der Waals surface area (Å²) in [4.78, 5) is 7.17. The zero-order chi connectivity index (χ0) is 18.8. The van der Waals surface area contributed by atoms with Crippen molar-refractivity contribution in [1.29, 1.82) is 0 Å². The molecule has 0 aromatic heterocycles. The molecule has 1 unspecified atom stereocenters. The van der Waals surface area contributed by atoms with E-state index in [1.165, 1.54) is 50.3 Å². The van der Waals surface area contributed by atoms with Gasteiger partial charge in [0.15, 0.2) is 5.96 Å². The van der Waals surface area contributed by atoms with E-state index in [-0.39, 0.29) is 0 Å². The molecule has 0 aromatic carbocycles. The van der Waals surface area contributed by atoms with Crippen molar-refractivity contribution in [3.63, 3.8) is 0 Å². The van der Waals surface area contributed by atoms with E-state index in [9.17, 15) is 0 Å². The number of hydrogen-bond donors (Lipinski definition) is 2. The van der Waals surface area contributed by atoms with Crippen LogP contribution in [0.1, 0.15) is 38.5 Å². The van der Waals surface area contributed by atoms with Crippen LogP contribution in [0.4, 0.5) is 0 Å². The fourth-order valence-corrected chi connectivity index (χ4v) is 5.39. The van der Waals surface area contributed by atoms with Gasteiger partial charge in [-0.15, -0.1) is 0 Å². The molecule has 1 atom stereocenters. The second kappa shape index (κ2) is 11.5. The van der Waals surface area contributed by atoms with Crippen LogP contribution in [0.2, 0.25) is 0 Å². The minimum absolute atomic E-state index is 0.338. The Bertz CT molecular complexity index is 445. The zero-order valence-electron chi connectivity index (χ0n) is 17.0. The number of hydrogen-bond acceptors (Lipinski definition) is 5. The van der Waals surface area contributed by atoms with Crippen LogP contribution in [0.15, 0.2) is 4.99 Å². The lowest BCUT2D eigenvalue weighted by molar-refractivity contribution is 0.0887. The van der Waals surface area contributed by atoms with Crippen molar-refractivity contribution in [1.82, 2.24) is 15.5 Å². The Kier molecular flexibility index (Phi) is 9.03. The summed E-state index contributed by atoms with van der Waals surface area (Å²) in [6.45, 7) is 7.79. The molecule has 0 radical (unpaired) electrons. The van der Waals surface area contributed by atoms with E-state index in [2.05, 4.69) is 32.3 Å². The van der Waals surface area contributed by atoms with Crippen LogP contribution in [-0.2, 0) is 9.47 Å². The fraction of sp³-hybridized carbons (Fsp3) is 0.950. The molecular formula is C20H38N4O2S. The van der Waals surface area contributed by atoms with Gasteiger partial charge in [-0.1, -0.05) is 12.8 Å². The van der Waals surface area contributed by atoms with Crippen molar-refractivity contribution < 1.29 is 9.47 Å². The Morgan fingerprint density at radius 3 is 2.78 bits per heavy atom. The highest BCUT2D eigenvalue weighted by Gasteiger charge is 2.39. The van der Waals surface area contributed by atoms with Gasteiger partial charge in [-0.3, -0.25) is 9.89 Å². The fourth-order valence-electron chi connectivity index (χ4n) is 4.49. The first-order valence-corrected chi connectivity index (χ1v) is 11.9. The van der Waals surface area contributed by atoms with Crippen molar-refractivity contribution in [2.75, 3.05) is 71.2 Å². The number of rotatable bonds is 9. The average Bonchev–Trinajstić information content (AvgIpc) is 3.40. The highest BCUT2D eigenvalue weighted by atomic mass is 32.2. The Morgan fingerprint density at radius 1 is 1.26 bits per heavy atom. The molecule has 0 amide bonds. The van der Waals surface area contributed by atoms with Crippen LogP contribution >= 0.6 is 11.8 Å². The molecular weight excluding hydrogens is 360 g/mol. The van der Waals surface area contributed by atoms with Crippen LogP contribution in [-0.4, -0.2) is 87.6 Å². The van der Waals surface area contributed by atoms with Gasteiger partial charge in [-0.2, -0.15) is 11.8 Å². The van der Waals surface area contributed by atoms with Crippen LogP contribution in [0.3, 0.4) is 0 Å². The summed E-state index contributed by atoms with van der Waals surface area (Å²) < 4.78 is 11.2. The van der Waals surface area contributed by atoms with Gasteiger partial charge < -0.3 is 20.1 Å². The Labute approximate surface area is 169 Å². The zero-order valence-corrected chi connectivity index (χ0v) is 17.8. The lowest BCUT2D eigenvalue weighted by Crippen LogP contribution is -2.57. The van der Waals surface area contributed by atoms with Gasteiger partial charge in [0.1, 0.15) is 0 Å². The summed E-state index contributed by atoms with van der Waals surface area (Å²) in [7, 11) is 1.87. The SMILES string of the molecule is CN=C(NCCCOCC1CCOC1)NCC1(N2CCSCC2)CCCC1. The summed E-state index contributed by atoms with van der Waals surface area (Å²) >= 11 is 2.09. The van der Waals surface area contributed by atoms with Crippen molar-refractivity contribution in [2.45, 2.75) is 44.1 Å². The molecule has 2 N–H and O–H groups in total. The van der Waals surface area contributed by atoms with Gasteiger partial charge in [-0.25, -0.2) is 0 Å². The molecule has 2 saturated heterocycles. The summed E-state index contributed by atoms with van der Waals surface area (Å²) in [6.07, 6.45) is 7.51. The summed E-state index contributed by atoms with van der Waals surface area (Å²) in [5, 5.41) is 7.07. The molecule has 6 nitrogen and oxygen atoms in total. The molecule has 2 aliphatic heterocycles. The largest absolute Gasteiger partial charge is 0.381 e. The molecule has 0 bridgehead atoms. The Morgan fingerprint density at radius 2 is 2.07 bits per heavy atom. The molecule has 27 heavy (non-hydrogen) atoms. The van der Waals surface area contributed by atoms with Crippen molar-refractivity contribution in [2.24, 2.45) is 10.9 Å². The van der Waals surface area contributed by atoms with E-state index in [1.54, 1.807) is 0 Å². The minimum atomic E-state index is 0.338. The molecule has 156 valence electrons. The lowest BCUT2D eigenvalue weighted by atomic mass is 9.94. The van der Waals surface area contributed by atoms with Gasteiger partial charge in [0, 0.05) is 69.4 Å². The molecule has 7 heteroatoms. The molecule has 1 saturated carbocycles. The number of ether oxygens (including phenoxy) is 2. The predicted octanol–water partition coefficient (Wildman–Crippen LogP) is 1.96. The molecule has 3 aliphatic rings. The Balaban J connectivity index is 1.32. The van der Waals surface area contributed by atoms with E-state index in [0.29, 0.717) is 11.5 Å². The number of guanidine groups is 1. The number of aliphatic imine (C=N–C) groups is 1. The second-order valence-corrected chi connectivity index (χ2v) is 9.27. The monoisotopic (exact) mass is 398 g/mol. The molecule has 3 fully saturated rings. The third-order valence-electron chi connectivity index (χ3n) is 6.16. The number of nitrogens with one attached hydrogen (secondary N) is 2. The molecule has 0 aromatic rings. The van der Waals surface area contributed by atoms with E-state index in [0.717, 1.165) is 58.3 Å². The smallest absolute Gasteiger partial charge is 0.191 e. The normalized spacial score (nSPS) is 26.4. The van der Waals surface area contributed by atoms with Crippen molar-refractivity contribution >= 4 is 17.7 Å². The lowest BCUT2D eigenvalue weighted by Gasteiger charge is -2.43. The third-order valence-corrected chi connectivity index (χ3v) is 7.10. The first-order chi connectivity index (χ1) is 13.3. The summed E-state index contributed by atoms with van der Waals surface area (Å²) in [6, 6.07) is 0. The highest BCUT2D eigenvalue weighted by Crippen LogP contribution is 2.36. The van der Waals surface area contributed by atoms with Crippen LogP contribution in [0.5, 0.6) is 0 Å². The minimum Gasteiger partial charge on any atom is -0.381 e. The van der Waals surface area contributed by atoms with Crippen molar-refractivity contribution in [3.8, 4) is 0 Å². The molecule has 3 rings (SSSR count). The van der Waals surface area contributed by atoms with Gasteiger partial charge in [0.2, 0.25) is 0 Å². The van der Waals surface area contributed by atoms with Crippen LogP contribution in [0, 0.1) is 5.92 Å². The Hall–Kier alpha value is -0.500. The standard InChI is InChI=1S/C20H38N4O2S/c1-21-19(22-8-4-11-25-15-18-5-12-26-16-18)23-17-20(6-2-3-7-20)24-9-13-27-14-10-24/h18H,2-17H2,1H3,(H2,21,22,23). The topological polar surface area (TPSA) is 58.1 Å². The maximum Gasteiger partial charge on any atom is 0.191 e. The van der Waals surface area contributed by atoms with Gasteiger partial charge in [0.25, 0.3) is 0 Å². The summed E-state index contributed by atoms with van der Waals surface area (Å²) in [5.74, 6) is 4.09. The quantitative estimate of drug-likeness (QED) is 0.352. The van der Waals surface area contributed by atoms with Gasteiger partial charge in [-0.05, 0) is 25.7 Å². The molecule has 2 heterocycles. The third kappa shape index (κ3) is 6.51. The van der Waals surface area contributed by atoms with E-state index in [4.69, 9.17) is 9.47 Å². The molecule has 0 spiro atoms. The average molecular weight is 399 g/mol. The number of thioether (sulfide) groups is 1. The predicted molar refractivity (Wildman–Crippen MR) is 114 cm³/mol. The van der Waals surface area contributed by atoms with Crippen LogP contribution in [0.25, 0.3) is 0 Å². The first-order valence-electron chi connectivity index (χ1n) is 10.8. The first kappa shape index (κ1) is 21.2. The highest BCUT2D eigenvalue weighted by molar-refractivity contribution is 7.99. The van der Waals surface area contributed by atoms with E-state index < -0.39 is 0 Å². The molecule has 1 aliphatic carbocycles. The maximum atomic E-state index is 5.78. The summed E-state index contributed by atoms with van der Waals surface area (Å²) in [5.41, 5.74) is 0.338. The van der Waals surface area contributed by atoms with Crippen molar-refractivity contribution in [3.05, 3.63) is 0 Å². The van der Waals surface area contributed by atoms with Gasteiger partial charge >= 0.3 is 0 Å². The van der Waals surface area contributed by atoms with Gasteiger partial charge in [0.05, 0.1) is 13.2 Å². The van der Waals surface area contributed by atoms with E-state index >= 15 is 0 Å². The van der Waals surface area contributed by atoms with E-state index in [1.807, 2.05) is 7.05 Å². The maximum absolute atomic E-state index is 5.78. The van der Waals surface area contributed by atoms with Crippen LogP contribution < -0.4 is 10.6 Å². The number of nitrogens with zero attached hydrogens (tertiary/aromatic N) is 2. The second-order valence-electron chi connectivity index (χ2n) is 8.04.